The molecule has 1 aliphatic heterocycles. The molecule has 0 amide bonds. The molecule has 1 aromatic carbocycles. The van der Waals surface area contributed by atoms with E-state index < -0.39 is 5.54 Å². The van der Waals surface area contributed by atoms with Crippen molar-refractivity contribution in [1.82, 2.24) is 5.32 Å². The highest BCUT2D eigenvalue weighted by Gasteiger charge is 2.50. The molecule has 1 N–H and O–H groups in total. The summed E-state index contributed by atoms with van der Waals surface area (Å²) in [6, 6.07) is 7.67. The predicted octanol–water partition coefficient (Wildman–Crippen LogP) is 2.08. The largest absolute Gasteiger partial charge is 0.493 e. The minimum absolute atomic E-state index is 0.0152. The molecule has 0 aliphatic carbocycles. The Hall–Kier alpha value is -1.55. The molecule has 19 heavy (non-hydrogen) atoms. The van der Waals surface area contributed by atoms with Crippen molar-refractivity contribution in [3.05, 3.63) is 29.8 Å². The third-order valence-electron chi connectivity index (χ3n) is 3.59. The zero-order valence-corrected chi connectivity index (χ0v) is 11.7. The van der Waals surface area contributed by atoms with Crippen molar-refractivity contribution >= 4 is 5.97 Å². The second-order valence-corrected chi connectivity index (χ2v) is 4.77. The molecule has 0 radical (unpaired) electrons. The van der Waals surface area contributed by atoms with Gasteiger partial charge in [0.05, 0.1) is 13.2 Å². The van der Waals surface area contributed by atoms with Gasteiger partial charge in [-0.05, 0) is 19.5 Å². The quantitative estimate of drug-likeness (QED) is 0.845. The summed E-state index contributed by atoms with van der Waals surface area (Å²) < 4.78 is 11.0. The molecule has 0 saturated carbocycles. The molecule has 2 rings (SSSR count). The van der Waals surface area contributed by atoms with Crippen LogP contribution >= 0.6 is 0 Å². The van der Waals surface area contributed by atoms with E-state index in [9.17, 15) is 4.79 Å². The van der Waals surface area contributed by atoms with Gasteiger partial charge in [-0.1, -0.05) is 32.0 Å². The maximum Gasteiger partial charge on any atom is 0.331 e. The van der Waals surface area contributed by atoms with Gasteiger partial charge in [-0.25, -0.2) is 4.79 Å². The van der Waals surface area contributed by atoms with Gasteiger partial charge in [-0.15, -0.1) is 0 Å². The van der Waals surface area contributed by atoms with Crippen molar-refractivity contribution < 1.29 is 14.3 Å². The van der Waals surface area contributed by atoms with Gasteiger partial charge < -0.3 is 9.47 Å². The molecule has 4 heteroatoms. The van der Waals surface area contributed by atoms with E-state index in [2.05, 4.69) is 5.32 Å². The molecule has 4 nitrogen and oxygen atoms in total. The number of para-hydroxylation sites is 1. The zero-order chi connectivity index (χ0) is 13.9. The summed E-state index contributed by atoms with van der Waals surface area (Å²) in [7, 11) is 0. The lowest BCUT2D eigenvalue weighted by Crippen LogP contribution is -2.57. The number of hydrogen-bond acceptors (Lipinski definition) is 4. The Bertz CT molecular complexity index is 460. The SMILES string of the molecule is CCNC1(C(=O)OCC)c2ccccc2OCC1C. The summed E-state index contributed by atoms with van der Waals surface area (Å²) in [6.07, 6.45) is 0. The molecule has 0 bridgehead atoms. The number of benzene rings is 1. The Labute approximate surface area is 114 Å². The number of carbonyl (C=O) groups excluding carboxylic acids is 1. The monoisotopic (exact) mass is 263 g/mol. The van der Waals surface area contributed by atoms with E-state index in [1.54, 1.807) is 0 Å². The van der Waals surface area contributed by atoms with Gasteiger partial charge in [0.25, 0.3) is 0 Å². The fourth-order valence-electron chi connectivity index (χ4n) is 2.70. The average molecular weight is 263 g/mol. The highest BCUT2D eigenvalue weighted by atomic mass is 16.5. The smallest absolute Gasteiger partial charge is 0.331 e. The molecular weight excluding hydrogens is 242 g/mol. The predicted molar refractivity (Wildman–Crippen MR) is 73.1 cm³/mol. The van der Waals surface area contributed by atoms with E-state index in [0.717, 1.165) is 11.3 Å². The maximum atomic E-state index is 12.5. The van der Waals surface area contributed by atoms with Gasteiger partial charge in [-0.2, -0.15) is 0 Å². The number of rotatable bonds is 4. The van der Waals surface area contributed by atoms with E-state index in [4.69, 9.17) is 9.47 Å². The van der Waals surface area contributed by atoms with Crippen molar-refractivity contribution in [1.29, 1.82) is 0 Å². The Morgan fingerprint density at radius 1 is 1.47 bits per heavy atom. The number of fused-ring (bicyclic) bond motifs is 1. The topological polar surface area (TPSA) is 47.6 Å². The summed E-state index contributed by atoms with van der Waals surface area (Å²) in [5.74, 6) is 0.552. The molecule has 2 atom stereocenters. The van der Waals surface area contributed by atoms with E-state index in [-0.39, 0.29) is 11.9 Å². The van der Waals surface area contributed by atoms with Gasteiger partial charge >= 0.3 is 5.97 Å². The standard InChI is InChI=1S/C15H21NO3/c1-4-16-15(14(17)18-5-2)11(3)10-19-13-9-7-6-8-12(13)15/h6-9,11,16H,4-5,10H2,1-3H3. The van der Waals surface area contributed by atoms with Crippen LogP contribution in [0, 0.1) is 5.92 Å². The van der Waals surface area contributed by atoms with E-state index >= 15 is 0 Å². The maximum absolute atomic E-state index is 12.5. The average Bonchev–Trinajstić information content (AvgIpc) is 2.42. The minimum atomic E-state index is -0.806. The lowest BCUT2D eigenvalue weighted by molar-refractivity contribution is -0.156. The molecule has 0 aromatic heterocycles. The highest BCUT2D eigenvalue weighted by molar-refractivity contribution is 5.84. The summed E-state index contributed by atoms with van der Waals surface area (Å²) in [5.41, 5.74) is 0.0635. The van der Waals surface area contributed by atoms with Gasteiger partial charge in [0.1, 0.15) is 5.75 Å². The van der Waals surface area contributed by atoms with Crippen LogP contribution in [-0.2, 0) is 15.1 Å². The first kappa shape index (κ1) is 13.9. The molecule has 1 aliphatic rings. The van der Waals surface area contributed by atoms with Crippen molar-refractivity contribution in [2.24, 2.45) is 5.92 Å². The van der Waals surface area contributed by atoms with E-state index in [0.29, 0.717) is 19.8 Å². The number of nitrogens with one attached hydrogen (secondary N) is 1. The molecule has 0 spiro atoms. The van der Waals surface area contributed by atoms with E-state index in [1.807, 2.05) is 45.0 Å². The molecular formula is C15H21NO3. The van der Waals surface area contributed by atoms with Crippen molar-refractivity contribution in [2.45, 2.75) is 26.3 Å². The third kappa shape index (κ3) is 2.21. The van der Waals surface area contributed by atoms with Crippen LogP contribution in [0.15, 0.2) is 24.3 Å². The summed E-state index contributed by atoms with van der Waals surface area (Å²) in [5, 5.41) is 3.33. The Morgan fingerprint density at radius 2 is 2.21 bits per heavy atom. The summed E-state index contributed by atoms with van der Waals surface area (Å²) >= 11 is 0. The van der Waals surface area contributed by atoms with Crippen LogP contribution in [0.4, 0.5) is 0 Å². The van der Waals surface area contributed by atoms with E-state index in [1.165, 1.54) is 0 Å². The molecule has 1 aromatic rings. The molecule has 0 saturated heterocycles. The van der Waals surface area contributed by atoms with Gasteiger partial charge in [-0.3, -0.25) is 5.32 Å². The van der Waals surface area contributed by atoms with Crippen molar-refractivity contribution in [3.63, 3.8) is 0 Å². The first-order valence-electron chi connectivity index (χ1n) is 6.81. The third-order valence-corrected chi connectivity index (χ3v) is 3.59. The lowest BCUT2D eigenvalue weighted by Gasteiger charge is -2.41. The van der Waals surface area contributed by atoms with Crippen LogP contribution in [0.25, 0.3) is 0 Å². The first-order valence-corrected chi connectivity index (χ1v) is 6.81. The zero-order valence-electron chi connectivity index (χ0n) is 11.7. The number of carbonyl (C=O) groups is 1. The van der Waals surface area contributed by atoms with Crippen LogP contribution < -0.4 is 10.1 Å². The fourth-order valence-corrected chi connectivity index (χ4v) is 2.70. The Kier molecular flexibility index (Phi) is 4.10. The minimum Gasteiger partial charge on any atom is -0.493 e. The van der Waals surface area contributed by atoms with Crippen LogP contribution in [0.3, 0.4) is 0 Å². The van der Waals surface area contributed by atoms with Gasteiger partial charge in [0.2, 0.25) is 0 Å². The van der Waals surface area contributed by atoms with Crippen LogP contribution in [0.5, 0.6) is 5.75 Å². The molecule has 0 fully saturated rings. The Balaban J connectivity index is 2.54. The summed E-state index contributed by atoms with van der Waals surface area (Å²) in [6.45, 7) is 7.40. The van der Waals surface area contributed by atoms with Crippen LogP contribution in [-0.4, -0.2) is 25.7 Å². The van der Waals surface area contributed by atoms with Gasteiger partial charge in [0.15, 0.2) is 5.54 Å². The normalized spacial score (nSPS) is 25.3. The number of esters is 1. The Morgan fingerprint density at radius 3 is 2.89 bits per heavy atom. The first-order chi connectivity index (χ1) is 9.16. The lowest BCUT2D eigenvalue weighted by atomic mass is 9.77. The second-order valence-electron chi connectivity index (χ2n) is 4.77. The van der Waals surface area contributed by atoms with Gasteiger partial charge in [0, 0.05) is 11.5 Å². The highest BCUT2D eigenvalue weighted by Crippen LogP contribution is 2.41. The molecule has 104 valence electrons. The molecule has 2 unspecified atom stereocenters. The number of likely N-dealkylation sites (N-methyl/N-ethyl adjacent to an activating group) is 1. The fraction of sp³-hybridized carbons (Fsp3) is 0.533. The summed E-state index contributed by atoms with van der Waals surface area (Å²) in [4.78, 5) is 12.5. The van der Waals surface area contributed by atoms with Crippen LogP contribution in [0.2, 0.25) is 0 Å². The number of hydrogen-bond donors (Lipinski definition) is 1. The van der Waals surface area contributed by atoms with Crippen LogP contribution in [0.1, 0.15) is 26.3 Å². The number of ether oxygens (including phenoxy) is 2. The second kappa shape index (κ2) is 5.61. The van der Waals surface area contributed by atoms with Crippen molar-refractivity contribution in [3.8, 4) is 5.75 Å². The molecule has 1 heterocycles. The van der Waals surface area contributed by atoms with Crippen molar-refractivity contribution in [2.75, 3.05) is 19.8 Å².